The third kappa shape index (κ3) is 3.14. The number of nitrogens with zero attached hydrogens (tertiary/aromatic N) is 3. The Bertz CT molecular complexity index is 550. The Labute approximate surface area is 113 Å². The van der Waals surface area contributed by atoms with Gasteiger partial charge in [0.15, 0.2) is 5.82 Å². The second-order valence-electron chi connectivity index (χ2n) is 5.65. The minimum Gasteiger partial charge on any atom is -0.339 e. The van der Waals surface area contributed by atoms with Crippen molar-refractivity contribution in [3.05, 3.63) is 11.7 Å². The highest BCUT2D eigenvalue weighted by Gasteiger charge is 2.30. The van der Waals surface area contributed by atoms with Gasteiger partial charge in [-0.05, 0) is 31.6 Å². The molecule has 0 spiro atoms. The molecular formula is C12H19N3O3S. The summed E-state index contributed by atoms with van der Waals surface area (Å²) < 4.78 is 29.9. The van der Waals surface area contributed by atoms with Gasteiger partial charge in [-0.15, -0.1) is 0 Å². The first-order chi connectivity index (χ1) is 9.02. The van der Waals surface area contributed by atoms with Gasteiger partial charge in [-0.3, -0.25) is 0 Å². The summed E-state index contributed by atoms with van der Waals surface area (Å²) in [7, 11) is -3.08. The number of hydrogen-bond donors (Lipinski definition) is 0. The molecule has 0 aromatic carbocycles. The molecule has 7 heteroatoms. The smallest absolute Gasteiger partial charge is 0.226 e. The summed E-state index contributed by atoms with van der Waals surface area (Å²) in [6.45, 7) is 1.20. The molecule has 106 valence electrons. The fourth-order valence-corrected chi connectivity index (χ4v) is 3.54. The molecule has 19 heavy (non-hydrogen) atoms. The van der Waals surface area contributed by atoms with E-state index in [9.17, 15) is 8.42 Å². The molecule has 0 unspecified atom stereocenters. The highest BCUT2D eigenvalue weighted by Crippen LogP contribution is 2.38. The summed E-state index contributed by atoms with van der Waals surface area (Å²) in [5, 5.41) is 3.99. The molecule has 1 aromatic rings. The van der Waals surface area contributed by atoms with E-state index in [0.717, 1.165) is 31.5 Å². The van der Waals surface area contributed by atoms with E-state index in [1.54, 1.807) is 4.31 Å². The number of aromatic nitrogens is 2. The van der Waals surface area contributed by atoms with Crippen molar-refractivity contribution in [1.29, 1.82) is 0 Å². The van der Waals surface area contributed by atoms with Crippen LogP contribution in [0.4, 0.5) is 0 Å². The molecule has 1 saturated carbocycles. The lowest BCUT2D eigenvalue weighted by molar-refractivity contribution is 0.248. The predicted octanol–water partition coefficient (Wildman–Crippen LogP) is 1.16. The van der Waals surface area contributed by atoms with Crippen LogP contribution in [0.2, 0.25) is 0 Å². The van der Waals surface area contributed by atoms with Crippen LogP contribution in [0.15, 0.2) is 4.52 Å². The summed E-state index contributed by atoms with van der Waals surface area (Å²) in [5.41, 5.74) is 0. The van der Waals surface area contributed by atoms with E-state index in [4.69, 9.17) is 4.52 Å². The number of hydrogen-bond acceptors (Lipinski definition) is 5. The van der Waals surface area contributed by atoms with Crippen molar-refractivity contribution >= 4 is 10.0 Å². The van der Waals surface area contributed by atoms with Gasteiger partial charge in [-0.2, -0.15) is 4.98 Å². The fraction of sp³-hybridized carbons (Fsp3) is 0.833. The normalized spacial score (nSPS) is 25.6. The lowest BCUT2D eigenvalue weighted by Crippen LogP contribution is -2.39. The first-order valence-electron chi connectivity index (χ1n) is 6.80. The van der Waals surface area contributed by atoms with Gasteiger partial charge in [0, 0.05) is 25.4 Å². The second-order valence-corrected chi connectivity index (χ2v) is 7.64. The van der Waals surface area contributed by atoms with E-state index in [-0.39, 0.29) is 5.92 Å². The molecule has 2 heterocycles. The Morgan fingerprint density at radius 1 is 1.37 bits per heavy atom. The Kier molecular flexibility index (Phi) is 3.34. The largest absolute Gasteiger partial charge is 0.339 e. The predicted molar refractivity (Wildman–Crippen MR) is 69.1 cm³/mol. The zero-order valence-corrected chi connectivity index (χ0v) is 11.9. The molecule has 1 saturated heterocycles. The number of piperidine rings is 1. The van der Waals surface area contributed by atoms with Crippen LogP contribution in [0.25, 0.3) is 0 Å². The molecule has 0 amide bonds. The molecule has 1 atom stereocenters. The van der Waals surface area contributed by atoms with Crippen LogP contribution >= 0.6 is 0 Å². The van der Waals surface area contributed by atoms with Crippen molar-refractivity contribution in [3.8, 4) is 0 Å². The van der Waals surface area contributed by atoms with Gasteiger partial charge >= 0.3 is 0 Å². The molecule has 0 bridgehead atoms. The highest BCUT2D eigenvalue weighted by atomic mass is 32.2. The summed E-state index contributed by atoms with van der Waals surface area (Å²) >= 11 is 0. The number of sulfonamides is 1. The molecule has 0 N–H and O–H groups in total. The summed E-state index contributed by atoms with van der Waals surface area (Å²) in [6, 6.07) is 0. The Hall–Kier alpha value is -0.950. The van der Waals surface area contributed by atoms with Crippen molar-refractivity contribution in [2.45, 2.75) is 38.0 Å². The topological polar surface area (TPSA) is 76.3 Å². The Morgan fingerprint density at radius 3 is 2.84 bits per heavy atom. The van der Waals surface area contributed by atoms with Gasteiger partial charge < -0.3 is 4.52 Å². The van der Waals surface area contributed by atoms with Crippen LogP contribution in [0, 0.1) is 5.92 Å². The molecular weight excluding hydrogens is 266 g/mol. The summed E-state index contributed by atoms with van der Waals surface area (Å²) in [6.07, 6.45) is 6.20. The highest BCUT2D eigenvalue weighted by molar-refractivity contribution is 7.88. The number of rotatable bonds is 4. The van der Waals surface area contributed by atoms with E-state index in [1.807, 2.05) is 0 Å². The summed E-state index contributed by atoms with van der Waals surface area (Å²) in [4.78, 5) is 4.41. The van der Waals surface area contributed by atoms with Crippen molar-refractivity contribution in [2.75, 3.05) is 19.3 Å². The van der Waals surface area contributed by atoms with Crippen molar-refractivity contribution < 1.29 is 12.9 Å². The van der Waals surface area contributed by atoms with E-state index < -0.39 is 10.0 Å². The Morgan fingerprint density at radius 2 is 2.16 bits per heavy atom. The minimum atomic E-state index is -3.08. The van der Waals surface area contributed by atoms with Gasteiger partial charge in [-0.1, -0.05) is 5.16 Å². The van der Waals surface area contributed by atoms with Gasteiger partial charge in [0.05, 0.1) is 6.26 Å². The summed E-state index contributed by atoms with van der Waals surface area (Å²) in [5.74, 6) is 2.26. The Balaban J connectivity index is 1.62. The molecule has 6 nitrogen and oxygen atoms in total. The van der Waals surface area contributed by atoms with E-state index in [1.165, 1.54) is 6.26 Å². The van der Waals surface area contributed by atoms with Gasteiger partial charge in [0.1, 0.15) is 0 Å². The van der Waals surface area contributed by atoms with Gasteiger partial charge in [0.25, 0.3) is 0 Å². The zero-order chi connectivity index (χ0) is 13.5. The molecule has 1 aliphatic heterocycles. The standard InChI is InChI=1S/C12H19N3O3S/c1-19(16,17)15-6-2-3-9(8-15)7-11-13-12(14-18-11)10-4-5-10/h9-10H,2-8H2,1H3/t9-/m1/s1. The van der Waals surface area contributed by atoms with Crippen LogP contribution in [-0.2, 0) is 16.4 Å². The SMILES string of the molecule is CS(=O)(=O)N1CCC[C@H](Cc2nc(C3CC3)no2)C1. The maximum atomic E-state index is 11.6. The fourth-order valence-electron chi connectivity index (χ4n) is 2.60. The van der Waals surface area contributed by atoms with E-state index >= 15 is 0 Å². The molecule has 2 aliphatic rings. The first-order valence-corrected chi connectivity index (χ1v) is 8.65. The minimum absolute atomic E-state index is 0.288. The van der Waals surface area contributed by atoms with E-state index in [0.29, 0.717) is 31.3 Å². The van der Waals surface area contributed by atoms with E-state index in [2.05, 4.69) is 10.1 Å². The third-order valence-electron chi connectivity index (χ3n) is 3.84. The average molecular weight is 285 g/mol. The van der Waals surface area contributed by atoms with Crippen LogP contribution in [-0.4, -0.2) is 42.2 Å². The van der Waals surface area contributed by atoms with Crippen molar-refractivity contribution in [3.63, 3.8) is 0 Å². The average Bonchev–Trinajstić information content (AvgIpc) is 3.10. The molecule has 1 aromatic heterocycles. The molecule has 3 rings (SSSR count). The van der Waals surface area contributed by atoms with Gasteiger partial charge in [0.2, 0.25) is 15.9 Å². The molecule has 1 aliphatic carbocycles. The molecule has 0 radical (unpaired) electrons. The third-order valence-corrected chi connectivity index (χ3v) is 5.11. The quantitative estimate of drug-likeness (QED) is 0.829. The lowest BCUT2D eigenvalue weighted by atomic mass is 9.96. The van der Waals surface area contributed by atoms with Crippen molar-refractivity contribution in [2.24, 2.45) is 5.92 Å². The molecule has 2 fully saturated rings. The van der Waals surface area contributed by atoms with Crippen LogP contribution < -0.4 is 0 Å². The van der Waals surface area contributed by atoms with Crippen LogP contribution in [0.3, 0.4) is 0 Å². The second kappa shape index (κ2) is 4.86. The first kappa shape index (κ1) is 13.1. The zero-order valence-electron chi connectivity index (χ0n) is 11.1. The van der Waals surface area contributed by atoms with Gasteiger partial charge in [-0.25, -0.2) is 12.7 Å². The van der Waals surface area contributed by atoms with Crippen LogP contribution in [0.1, 0.15) is 43.3 Å². The van der Waals surface area contributed by atoms with Crippen molar-refractivity contribution in [1.82, 2.24) is 14.4 Å². The monoisotopic (exact) mass is 285 g/mol. The van der Waals surface area contributed by atoms with Crippen LogP contribution in [0.5, 0.6) is 0 Å². The maximum absolute atomic E-state index is 11.6. The lowest BCUT2D eigenvalue weighted by Gasteiger charge is -2.30. The maximum Gasteiger partial charge on any atom is 0.226 e.